The van der Waals surface area contributed by atoms with Crippen molar-refractivity contribution in [3.8, 4) is 0 Å². The van der Waals surface area contributed by atoms with Gasteiger partial charge in [-0.3, -0.25) is 4.79 Å². The highest BCUT2D eigenvalue weighted by atomic mass is 127. The predicted octanol–water partition coefficient (Wildman–Crippen LogP) is 2.27. The summed E-state index contributed by atoms with van der Waals surface area (Å²) in [5.74, 6) is 0.931. The third-order valence-electron chi connectivity index (χ3n) is 5.81. The monoisotopic (exact) mass is 484 g/mol. The number of guanidine groups is 1. The van der Waals surface area contributed by atoms with Gasteiger partial charge in [0.25, 0.3) is 0 Å². The van der Waals surface area contributed by atoms with E-state index in [0.717, 1.165) is 70.3 Å². The largest absolute Gasteiger partial charge is 0.381 e. The number of hydrogen-bond acceptors (Lipinski definition) is 3. The fourth-order valence-corrected chi connectivity index (χ4v) is 4.34. The number of hydrogen-bond donors (Lipinski definition) is 1. The molecule has 1 spiro atoms. The fourth-order valence-electron chi connectivity index (χ4n) is 4.34. The summed E-state index contributed by atoms with van der Waals surface area (Å²) in [6, 6.07) is 8.15. The molecule has 0 bridgehead atoms. The Kier molecular flexibility index (Phi) is 6.62. The first-order chi connectivity index (χ1) is 12.7. The van der Waals surface area contributed by atoms with Crippen LogP contribution >= 0.6 is 24.0 Å². The second-order valence-electron chi connectivity index (χ2n) is 7.57. The molecule has 0 aliphatic carbocycles. The Morgan fingerprint density at radius 2 is 2.15 bits per heavy atom. The smallest absolute Gasteiger partial charge is 0.248 e. The van der Waals surface area contributed by atoms with Crippen LogP contribution < -0.4 is 10.2 Å². The van der Waals surface area contributed by atoms with Gasteiger partial charge in [0, 0.05) is 43.9 Å². The van der Waals surface area contributed by atoms with Gasteiger partial charge in [-0.05, 0) is 37.8 Å². The topological polar surface area (TPSA) is 57.2 Å². The third-order valence-corrected chi connectivity index (χ3v) is 5.81. The van der Waals surface area contributed by atoms with Gasteiger partial charge in [0.05, 0.1) is 6.61 Å². The number of amides is 1. The van der Waals surface area contributed by atoms with E-state index in [1.165, 1.54) is 5.56 Å². The van der Waals surface area contributed by atoms with Crippen molar-refractivity contribution in [3.05, 3.63) is 29.8 Å². The van der Waals surface area contributed by atoms with Gasteiger partial charge >= 0.3 is 0 Å². The maximum absolute atomic E-state index is 12.7. The summed E-state index contributed by atoms with van der Waals surface area (Å²) in [7, 11) is 0. The van der Waals surface area contributed by atoms with Crippen molar-refractivity contribution in [2.24, 2.45) is 10.4 Å². The Balaban J connectivity index is 0.00000210. The maximum atomic E-state index is 12.7. The molecule has 1 aromatic carbocycles. The molecule has 3 aliphatic heterocycles. The summed E-state index contributed by atoms with van der Waals surface area (Å²) in [5.41, 5.74) is 2.58. The van der Waals surface area contributed by atoms with E-state index in [4.69, 9.17) is 4.74 Å². The van der Waals surface area contributed by atoms with E-state index >= 15 is 0 Å². The zero-order chi connectivity index (χ0) is 18.0. The highest BCUT2D eigenvalue weighted by Crippen LogP contribution is 2.38. The van der Waals surface area contributed by atoms with Gasteiger partial charge in [0.15, 0.2) is 5.96 Å². The number of benzene rings is 1. The predicted molar refractivity (Wildman–Crippen MR) is 118 cm³/mol. The van der Waals surface area contributed by atoms with Gasteiger partial charge in [-0.15, -0.1) is 24.0 Å². The summed E-state index contributed by atoms with van der Waals surface area (Å²) in [5, 5.41) is 3.36. The van der Waals surface area contributed by atoms with Gasteiger partial charge < -0.3 is 19.9 Å². The number of carbonyl (C=O) groups is 1. The number of likely N-dealkylation sites (tertiary alicyclic amines) is 1. The lowest BCUT2D eigenvalue weighted by Crippen LogP contribution is -2.42. The van der Waals surface area contributed by atoms with Crippen LogP contribution in [0.2, 0.25) is 0 Å². The number of nitrogens with zero attached hydrogens (tertiary/aromatic N) is 3. The number of carbonyl (C=O) groups excluding carboxylic acids is 1. The molecule has 0 aromatic heterocycles. The van der Waals surface area contributed by atoms with Crippen molar-refractivity contribution in [3.63, 3.8) is 0 Å². The van der Waals surface area contributed by atoms with Crippen LogP contribution in [0.1, 0.15) is 25.3 Å². The van der Waals surface area contributed by atoms with Crippen molar-refractivity contribution in [1.82, 2.24) is 10.2 Å². The Bertz CT molecular complexity index is 703. The molecular weight excluding hydrogens is 455 g/mol. The average Bonchev–Trinajstić information content (AvgIpc) is 3.39. The molecule has 148 valence electrons. The number of anilines is 1. The van der Waals surface area contributed by atoms with Crippen molar-refractivity contribution >= 4 is 41.5 Å². The molecule has 1 atom stereocenters. The highest BCUT2D eigenvalue weighted by Gasteiger charge is 2.42. The van der Waals surface area contributed by atoms with Gasteiger partial charge in [0.2, 0.25) is 5.91 Å². The molecule has 0 saturated carbocycles. The molecule has 1 aromatic rings. The third kappa shape index (κ3) is 4.23. The van der Waals surface area contributed by atoms with E-state index in [-0.39, 0.29) is 41.8 Å². The van der Waals surface area contributed by atoms with Crippen LogP contribution in [-0.2, 0) is 16.0 Å². The van der Waals surface area contributed by atoms with Crippen LogP contribution in [0.4, 0.5) is 5.69 Å². The van der Waals surface area contributed by atoms with Crippen molar-refractivity contribution in [1.29, 1.82) is 0 Å². The summed E-state index contributed by atoms with van der Waals surface area (Å²) >= 11 is 0. The number of para-hydroxylation sites is 1. The molecule has 1 amide bonds. The molecule has 4 rings (SSSR count). The van der Waals surface area contributed by atoms with Crippen LogP contribution in [0.15, 0.2) is 29.3 Å². The molecule has 2 fully saturated rings. The minimum absolute atomic E-state index is 0. The SMILES string of the molecule is CCNC(=NCC(=O)N1CCc2ccccc21)N1CCC2(CCOC2)C1.I. The number of fused-ring (bicyclic) bond motifs is 1. The zero-order valence-corrected chi connectivity index (χ0v) is 18.3. The number of ether oxygens (including phenoxy) is 1. The first-order valence-corrected chi connectivity index (χ1v) is 9.70. The van der Waals surface area contributed by atoms with Gasteiger partial charge in [-0.2, -0.15) is 0 Å². The lowest BCUT2D eigenvalue weighted by molar-refractivity contribution is -0.117. The number of halogens is 1. The van der Waals surface area contributed by atoms with Crippen molar-refractivity contribution in [2.75, 3.05) is 50.8 Å². The van der Waals surface area contributed by atoms with Crippen LogP contribution in [0.5, 0.6) is 0 Å². The molecule has 0 radical (unpaired) electrons. The molecule has 27 heavy (non-hydrogen) atoms. The Hall–Kier alpha value is -1.35. The van der Waals surface area contributed by atoms with E-state index in [2.05, 4.69) is 28.2 Å². The molecule has 6 nitrogen and oxygen atoms in total. The normalized spacial score (nSPS) is 24.3. The van der Waals surface area contributed by atoms with Crippen molar-refractivity contribution < 1.29 is 9.53 Å². The molecule has 3 aliphatic rings. The molecule has 3 heterocycles. The number of nitrogens with one attached hydrogen (secondary N) is 1. The van der Waals surface area contributed by atoms with E-state index in [0.29, 0.717) is 0 Å². The summed E-state index contributed by atoms with van der Waals surface area (Å²) in [4.78, 5) is 21.6. The van der Waals surface area contributed by atoms with E-state index in [1.807, 2.05) is 23.1 Å². The average molecular weight is 484 g/mol. The second-order valence-corrected chi connectivity index (χ2v) is 7.57. The van der Waals surface area contributed by atoms with Crippen molar-refractivity contribution in [2.45, 2.75) is 26.2 Å². The standard InChI is InChI=1S/C20H28N4O2.HI/c1-2-21-19(23-11-8-20(14-23)9-12-26-15-20)22-13-18(25)24-10-7-16-5-3-4-6-17(16)24;/h3-6H,2,7-15H2,1H3,(H,21,22);1H. The lowest BCUT2D eigenvalue weighted by Gasteiger charge is -2.25. The van der Waals surface area contributed by atoms with Crippen LogP contribution in [0.3, 0.4) is 0 Å². The second kappa shape index (κ2) is 8.77. The first-order valence-electron chi connectivity index (χ1n) is 9.70. The lowest BCUT2D eigenvalue weighted by atomic mass is 9.87. The highest BCUT2D eigenvalue weighted by molar-refractivity contribution is 14.0. The van der Waals surface area contributed by atoms with Gasteiger partial charge in [-0.25, -0.2) is 4.99 Å². The van der Waals surface area contributed by atoms with E-state index in [1.54, 1.807) is 0 Å². The Morgan fingerprint density at radius 3 is 2.93 bits per heavy atom. The zero-order valence-electron chi connectivity index (χ0n) is 15.9. The van der Waals surface area contributed by atoms with Gasteiger partial charge in [-0.1, -0.05) is 18.2 Å². The number of rotatable bonds is 3. The molecule has 1 N–H and O–H groups in total. The summed E-state index contributed by atoms with van der Waals surface area (Å²) < 4.78 is 5.62. The fraction of sp³-hybridized carbons (Fsp3) is 0.600. The summed E-state index contributed by atoms with van der Waals surface area (Å²) in [6.07, 6.45) is 3.21. The maximum Gasteiger partial charge on any atom is 0.248 e. The van der Waals surface area contributed by atoms with E-state index < -0.39 is 0 Å². The van der Waals surface area contributed by atoms with Crippen LogP contribution in [0.25, 0.3) is 0 Å². The molecule has 7 heteroatoms. The van der Waals surface area contributed by atoms with E-state index in [9.17, 15) is 4.79 Å². The molecular formula is C20H29IN4O2. The van der Waals surface area contributed by atoms with Crippen LogP contribution in [0, 0.1) is 5.41 Å². The minimum Gasteiger partial charge on any atom is -0.381 e. The van der Waals surface area contributed by atoms with Crippen LogP contribution in [-0.4, -0.2) is 62.7 Å². The number of aliphatic imine (C=N–C) groups is 1. The molecule has 2 saturated heterocycles. The Labute approximate surface area is 178 Å². The minimum atomic E-state index is 0. The first kappa shape index (κ1) is 20.4. The molecule has 1 unspecified atom stereocenters. The Morgan fingerprint density at radius 1 is 1.30 bits per heavy atom. The summed E-state index contributed by atoms with van der Waals surface area (Å²) in [6.45, 7) is 7.50. The van der Waals surface area contributed by atoms with Gasteiger partial charge in [0.1, 0.15) is 6.54 Å². The quantitative estimate of drug-likeness (QED) is 0.407.